The van der Waals surface area contributed by atoms with Crippen molar-refractivity contribution in [2.24, 2.45) is 0 Å². The summed E-state index contributed by atoms with van der Waals surface area (Å²) in [7, 11) is 2.65. The highest BCUT2D eigenvalue weighted by molar-refractivity contribution is 6.06. The van der Waals surface area contributed by atoms with Gasteiger partial charge in [-0.1, -0.05) is 12.1 Å². The van der Waals surface area contributed by atoms with E-state index in [1.807, 2.05) is 39.8 Å². The van der Waals surface area contributed by atoms with Gasteiger partial charge in [-0.15, -0.1) is 0 Å². The molecule has 2 aliphatic heterocycles. The fourth-order valence-corrected chi connectivity index (χ4v) is 4.42. The van der Waals surface area contributed by atoms with E-state index in [1.54, 1.807) is 0 Å². The molecule has 0 aromatic heterocycles. The van der Waals surface area contributed by atoms with Gasteiger partial charge in [0.25, 0.3) is 0 Å². The Morgan fingerprint density at radius 2 is 1.22 bits per heavy atom. The van der Waals surface area contributed by atoms with Gasteiger partial charge < -0.3 is 9.47 Å². The highest BCUT2D eigenvalue weighted by atomic mass is 16.5. The first-order valence-corrected chi connectivity index (χ1v) is 7.54. The number of carbonyl (C=O) groups is 2. The van der Waals surface area contributed by atoms with Crippen molar-refractivity contribution < 1.29 is 19.1 Å². The zero-order valence-electron chi connectivity index (χ0n) is 14.3. The smallest absolute Gasteiger partial charge is 0.336 e. The Bertz CT molecular complexity index is 716. The Morgan fingerprint density at radius 3 is 1.52 bits per heavy atom. The number of hydrogen-bond acceptors (Lipinski definition) is 5. The maximum atomic E-state index is 12.5. The summed E-state index contributed by atoms with van der Waals surface area (Å²) < 4.78 is 9.92. The van der Waals surface area contributed by atoms with E-state index in [0.717, 1.165) is 22.3 Å². The Balaban J connectivity index is 2.42. The molecule has 2 heterocycles. The molecular formula is C18H21NO4. The lowest BCUT2D eigenvalue weighted by molar-refractivity contribution is -0.140. The molecule has 122 valence electrons. The fraction of sp³-hybridized carbons (Fsp3) is 0.444. The number of methoxy groups -OCH3 is 2. The molecule has 0 aliphatic carbocycles. The number of fused-ring (bicyclic) bond motifs is 5. The second-order valence-corrected chi connectivity index (χ2v) is 6.56. The molecule has 1 N–H and O–H groups in total. The minimum Gasteiger partial charge on any atom is -0.466 e. The van der Waals surface area contributed by atoms with E-state index in [2.05, 4.69) is 5.32 Å². The number of esters is 2. The second kappa shape index (κ2) is 4.68. The highest BCUT2D eigenvalue weighted by Gasteiger charge is 2.63. The van der Waals surface area contributed by atoms with Gasteiger partial charge in [-0.25, -0.2) is 9.59 Å². The van der Waals surface area contributed by atoms with E-state index < -0.39 is 23.0 Å². The first-order chi connectivity index (χ1) is 10.7. The van der Waals surface area contributed by atoms with Crippen LogP contribution in [-0.2, 0) is 30.1 Å². The van der Waals surface area contributed by atoms with Crippen molar-refractivity contribution in [2.75, 3.05) is 14.2 Å². The van der Waals surface area contributed by atoms with Gasteiger partial charge in [-0.3, -0.25) is 5.32 Å². The summed E-state index contributed by atoms with van der Waals surface area (Å²) in [6.07, 6.45) is 0. The van der Waals surface area contributed by atoms with E-state index >= 15 is 0 Å². The molecule has 5 heteroatoms. The van der Waals surface area contributed by atoms with Crippen LogP contribution in [0.15, 0.2) is 23.3 Å². The van der Waals surface area contributed by atoms with Crippen LogP contribution in [0.3, 0.4) is 0 Å². The molecule has 0 saturated carbocycles. The molecular weight excluding hydrogens is 294 g/mol. The molecule has 23 heavy (non-hydrogen) atoms. The van der Waals surface area contributed by atoms with Crippen LogP contribution < -0.4 is 5.32 Å². The summed E-state index contributed by atoms with van der Waals surface area (Å²) in [6, 6.07) is 4.08. The molecule has 2 bridgehead atoms. The SMILES string of the molecule is COC(=O)C1=C(C(=O)OC)[C@@]2(C)N[C@@]1(C)c1c(C)ccc(C)c12. The molecule has 0 fully saturated rings. The molecule has 0 unspecified atom stereocenters. The summed E-state index contributed by atoms with van der Waals surface area (Å²) in [6.45, 7) is 7.88. The lowest BCUT2D eigenvalue weighted by Crippen LogP contribution is -2.40. The van der Waals surface area contributed by atoms with Gasteiger partial charge >= 0.3 is 11.9 Å². The van der Waals surface area contributed by atoms with E-state index in [1.165, 1.54) is 14.2 Å². The predicted octanol–water partition coefficient (Wildman–Crippen LogP) is 1.99. The third-order valence-electron chi connectivity index (χ3n) is 5.15. The summed E-state index contributed by atoms with van der Waals surface area (Å²) >= 11 is 0. The minimum absolute atomic E-state index is 0.343. The molecule has 0 amide bonds. The number of aryl methyl sites for hydroxylation is 2. The number of nitrogens with one attached hydrogen (secondary N) is 1. The zero-order valence-corrected chi connectivity index (χ0v) is 14.3. The van der Waals surface area contributed by atoms with Gasteiger partial charge in [0.15, 0.2) is 0 Å². The largest absolute Gasteiger partial charge is 0.466 e. The van der Waals surface area contributed by atoms with Crippen LogP contribution in [0.5, 0.6) is 0 Å². The number of hydrogen-bond donors (Lipinski definition) is 1. The van der Waals surface area contributed by atoms with Crippen molar-refractivity contribution in [1.82, 2.24) is 5.32 Å². The summed E-state index contributed by atoms with van der Waals surface area (Å²) in [4.78, 5) is 24.9. The van der Waals surface area contributed by atoms with Crippen LogP contribution >= 0.6 is 0 Å². The first-order valence-electron chi connectivity index (χ1n) is 7.54. The van der Waals surface area contributed by atoms with E-state index in [4.69, 9.17) is 9.47 Å². The van der Waals surface area contributed by atoms with Crippen molar-refractivity contribution in [3.05, 3.63) is 45.5 Å². The average molecular weight is 315 g/mol. The van der Waals surface area contributed by atoms with Crippen LogP contribution in [0.2, 0.25) is 0 Å². The van der Waals surface area contributed by atoms with Crippen LogP contribution in [0.25, 0.3) is 0 Å². The monoisotopic (exact) mass is 315 g/mol. The molecule has 5 nitrogen and oxygen atoms in total. The van der Waals surface area contributed by atoms with Crippen LogP contribution in [0.4, 0.5) is 0 Å². The third kappa shape index (κ3) is 1.71. The maximum Gasteiger partial charge on any atom is 0.336 e. The molecule has 2 aliphatic rings. The van der Waals surface area contributed by atoms with Crippen molar-refractivity contribution in [3.8, 4) is 0 Å². The molecule has 1 aromatic carbocycles. The van der Waals surface area contributed by atoms with Gasteiger partial charge in [0, 0.05) is 0 Å². The topological polar surface area (TPSA) is 64.6 Å². The second-order valence-electron chi connectivity index (χ2n) is 6.56. The summed E-state index contributed by atoms with van der Waals surface area (Å²) in [5.41, 5.74) is 3.41. The third-order valence-corrected chi connectivity index (χ3v) is 5.15. The first kappa shape index (κ1) is 15.7. The lowest BCUT2D eigenvalue weighted by atomic mass is 9.71. The molecule has 1 aromatic rings. The zero-order chi connectivity index (χ0) is 17.2. The summed E-state index contributed by atoms with van der Waals surface area (Å²) in [5, 5.41) is 3.48. The quantitative estimate of drug-likeness (QED) is 0.846. The van der Waals surface area contributed by atoms with Crippen LogP contribution in [-0.4, -0.2) is 26.2 Å². The summed E-state index contributed by atoms with van der Waals surface area (Å²) in [5.74, 6) is -1.01. The number of ether oxygens (including phenoxy) is 2. The molecule has 0 saturated heterocycles. The fourth-order valence-electron chi connectivity index (χ4n) is 4.42. The van der Waals surface area contributed by atoms with E-state index in [-0.39, 0.29) is 0 Å². The molecule has 3 rings (SSSR count). The van der Waals surface area contributed by atoms with Crippen LogP contribution in [0.1, 0.15) is 36.1 Å². The molecule has 2 atom stereocenters. The van der Waals surface area contributed by atoms with Gasteiger partial charge in [-0.05, 0) is 49.9 Å². The standard InChI is InChI=1S/C18H21NO4/c1-9-7-8-10(2)12-11(9)17(3)13(15(20)22-5)14(16(21)23-6)18(12,4)19-17/h7-8,19H,1-6H3/t17-,18-/m0/s1. The molecule has 0 spiro atoms. The van der Waals surface area contributed by atoms with Gasteiger partial charge in [-0.2, -0.15) is 0 Å². The number of rotatable bonds is 2. The van der Waals surface area contributed by atoms with Crippen LogP contribution in [0, 0.1) is 13.8 Å². The molecule has 0 radical (unpaired) electrons. The minimum atomic E-state index is -0.767. The average Bonchev–Trinajstić information content (AvgIpc) is 2.90. The lowest BCUT2D eigenvalue weighted by Gasteiger charge is -2.30. The van der Waals surface area contributed by atoms with Gasteiger partial charge in [0.05, 0.1) is 36.4 Å². The van der Waals surface area contributed by atoms with Gasteiger partial charge in [0.2, 0.25) is 0 Å². The normalized spacial score (nSPS) is 27.9. The highest BCUT2D eigenvalue weighted by Crippen LogP contribution is 2.58. The Hall–Kier alpha value is -2.14. The van der Waals surface area contributed by atoms with E-state index in [0.29, 0.717) is 11.1 Å². The van der Waals surface area contributed by atoms with Crippen molar-refractivity contribution >= 4 is 11.9 Å². The van der Waals surface area contributed by atoms with Crippen molar-refractivity contribution in [2.45, 2.75) is 38.8 Å². The van der Waals surface area contributed by atoms with Gasteiger partial charge in [0.1, 0.15) is 0 Å². The predicted molar refractivity (Wildman–Crippen MR) is 84.8 cm³/mol. The van der Waals surface area contributed by atoms with Crippen molar-refractivity contribution in [1.29, 1.82) is 0 Å². The van der Waals surface area contributed by atoms with Crippen molar-refractivity contribution in [3.63, 3.8) is 0 Å². The Labute approximate surface area is 135 Å². The maximum absolute atomic E-state index is 12.5. The Kier molecular flexibility index (Phi) is 3.20. The number of benzene rings is 1. The number of carbonyl (C=O) groups excluding carboxylic acids is 2. The van der Waals surface area contributed by atoms with E-state index in [9.17, 15) is 9.59 Å². The Morgan fingerprint density at radius 1 is 0.870 bits per heavy atom.